The smallest absolute Gasteiger partial charge is 0.445 e. The van der Waals surface area contributed by atoms with Gasteiger partial charge in [0, 0.05) is 13.6 Å². The van der Waals surface area contributed by atoms with Gasteiger partial charge in [0.2, 0.25) is 0 Å². The predicted molar refractivity (Wildman–Crippen MR) is 50.4 cm³/mol. The van der Waals surface area contributed by atoms with Crippen LogP contribution in [0.25, 0.3) is 0 Å². The number of rotatable bonds is 3. The fourth-order valence-electron chi connectivity index (χ4n) is 0.995. The third kappa shape index (κ3) is 2.31. The molecule has 8 heteroatoms. The summed E-state index contributed by atoms with van der Waals surface area (Å²) in [5, 5.41) is 3.68. The lowest BCUT2D eigenvalue weighted by Crippen LogP contribution is -2.29. The van der Waals surface area contributed by atoms with Crippen LogP contribution in [0.1, 0.15) is 5.82 Å². The molecule has 0 spiro atoms. The quantitative estimate of drug-likeness (QED) is 0.707. The molecule has 0 atom stereocenters. The molecule has 4 nitrogen and oxygen atoms in total. The molecule has 1 rings (SSSR count). The average Bonchev–Trinajstić information content (AvgIpc) is 2.32. The largest absolute Gasteiger partial charge is 0.506 e. The summed E-state index contributed by atoms with van der Waals surface area (Å²) in [4.78, 5) is 11.3. The van der Waals surface area contributed by atoms with Gasteiger partial charge in [-0.25, -0.2) is 9.48 Å². The van der Waals surface area contributed by atoms with Crippen LogP contribution in [0, 0.1) is 6.92 Å². The fraction of sp³-hybridized carbons (Fsp3) is 0.429. The van der Waals surface area contributed by atoms with Crippen molar-refractivity contribution in [2.24, 2.45) is 7.05 Å². The highest BCUT2D eigenvalue weighted by Crippen LogP contribution is 2.18. The highest BCUT2D eigenvalue weighted by Gasteiger charge is 2.27. The normalized spacial score (nSPS) is 11.8. The van der Waals surface area contributed by atoms with Gasteiger partial charge in [-0.15, -0.1) is 12.1 Å². The molecule has 1 aromatic rings. The standard InChI is InChI=1S/C7H10BF3N3O/c1-5(8(9,10)11)4-14-7(15)13(3)6(2)12-14/h1,4H2,2-3H3/q-1. The fourth-order valence-corrected chi connectivity index (χ4v) is 0.995. The predicted octanol–water partition coefficient (Wildman–Crippen LogP) is 0.833. The Morgan fingerprint density at radius 1 is 1.53 bits per heavy atom. The van der Waals surface area contributed by atoms with Crippen LogP contribution in [0.15, 0.2) is 16.8 Å². The number of allylic oxidation sites excluding steroid dienone is 1. The van der Waals surface area contributed by atoms with Crippen molar-refractivity contribution in [3.63, 3.8) is 0 Å². The number of aromatic nitrogens is 3. The van der Waals surface area contributed by atoms with Gasteiger partial charge in [0.25, 0.3) is 0 Å². The van der Waals surface area contributed by atoms with Gasteiger partial charge in [0.05, 0.1) is 0 Å². The Morgan fingerprint density at radius 2 is 2.07 bits per heavy atom. The molecule has 0 saturated heterocycles. The molecule has 0 aliphatic heterocycles. The highest BCUT2D eigenvalue weighted by molar-refractivity contribution is 6.66. The van der Waals surface area contributed by atoms with Crippen LogP contribution in [-0.4, -0.2) is 21.3 Å². The second kappa shape index (κ2) is 3.60. The van der Waals surface area contributed by atoms with Gasteiger partial charge in [-0.3, -0.25) is 4.57 Å². The number of hydrogen-bond acceptors (Lipinski definition) is 2. The molecule has 0 radical (unpaired) electrons. The highest BCUT2D eigenvalue weighted by atomic mass is 19.4. The third-order valence-electron chi connectivity index (χ3n) is 2.07. The minimum atomic E-state index is -5.12. The Balaban J connectivity index is 2.97. The summed E-state index contributed by atoms with van der Waals surface area (Å²) >= 11 is 0. The zero-order valence-corrected chi connectivity index (χ0v) is 8.38. The summed E-state index contributed by atoms with van der Waals surface area (Å²) in [7, 11) is 1.45. The second-order valence-corrected chi connectivity index (χ2v) is 3.28. The second-order valence-electron chi connectivity index (χ2n) is 3.28. The molecule has 1 heterocycles. The molecular weight excluding hydrogens is 210 g/mol. The van der Waals surface area contributed by atoms with E-state index in [0.29, 0.717) is 5.82 Å². The molecule has 0 aliphatic rings. The van der Waals surface area contributed by atoms with Gasteiger partial charge in [0.1, 0.15) is 5.82 Å². The Morgan fingerprint density at radius 3 is 2.40 bits per heavy atom. The Hall–Kier alpha value is -1.47. The molecule has 0 unspecified atom stereocenters. The van der Waals surface area contributed by atoms with Gasteiger partial charge >= 0.3 is 12.7 Å². The van der Waals surface area contributed by atoms with E-state index in [0.717, 1.165) is 4.68 Å². The number of halogens is 3. The first-order valence-corrected chi connectivity index (χ1v) is 4.21. The number of nitrogens with zero attached hydrogens (tertiary/aromatic N) is 3. The van der Waals surface area contributed by atoms with E-state index in [4.69, 9.17) is 0 Å². The van der Waals surface area contributed by atoms with Crippen LogP contribution < -0.4 is 5.69 Å². The van der Waals surface area contributed by atoms with Crippen molar-refractivity contribution < 1.29 is 12.9 Å². The average molecular weight is 220 g/mol. The first-order valence-electron chi connectivity index (χ1n) is 4.21. The van der Waals surface area contributed by atoms with E-state index < -0.39 is 24.7 Å². The summed E-state index contributed by atoms with van der Waals surface area (Å²) in [5.41, 5.74) is -1.51. The van der Waals surface area contributed by atoms with Crippen molar-refractivity contribution in [3.8, 4) is 0 Å². The maximum atomic E-state index is 12.2. The van der Waals surface area contributed by atoms with Gasteiger partial charge in [-0.2, -0.15) is 5.10 Å². The van der Waals surface area contributed by atoms with Crippen molar-refractivity contribution in [2.75, 3.05) is 0 Å². The topological polar surface area (TPSA) is 39.8 Å². The molecule has 0 N–H and O–H groups in total. The van der Waals surface area contributed by atoms with Crippen LogP contribution in [0.2, 0.25) is 0 Å². The van der Waals surface area contributed by atoms with Crippen LogP contribution in [0.4, 0.5) is 12.9 Å². The monoisotopic (exact) mass is 220 g/mol. The summed E-state index contributed by atoms with van der Waals surface area (Å²) in [5.74, 6) is 0.363. The van der Waals surface area contributed by atoms with Gasteiger partial charge in [-0.05, 0) is 6.92 Å². The summed E-state index contributed by atoms with van der Waals surface area (Å²) < 4.78 is 38.5. The first-order chi connectivity index (χ1) is 6.73. The molecule has 0 saturated carbocycles. The maximum Gasteiger partial charge on any atom is 0.506 e. The molecule has 0 fully saturated rings. The van der Waals surface area contributed by atoms with E-state index in [-0.39, 0.29) is 0 Å². The molecule has 0 bridgehead atoms. The minimum absolute atomic E-state index is 0.363. The summed E-state index contributed by atoms with van der Waals surface area (Å²) in [6.07, 6.45) is 0. The maximum absolute atomic E-state index is 12.2. The van der Waals surface area contributed by atoms with Crippen LogP contribution in [0.3, 0.4) is 0 Å². The van der Waals surface area contributed by atoms with Crippen molar-refractivity contribution in [1.82, 2.24) is 14.3 Å². The molecule has 0 aliphatic carbocycles. The van der Waals surface area contributed by atoms with Crippen molar-refractivity contribution in [3.05, 3.63) is 28.4 Å². The molecule has 84 valence electrons. The van der Waals surface area contributed by atoms with E-state index in [9.17, 15) is 17.7 Å². The Kier molecular flexibility index (Phi) is 2.78. The van der Waals surface area contributed by atoms with E-state index in [1.807, 2.05) is 0 Å². The van der Waals surface area contributed by atoms with Gasteiger partial charge < -0.3 is 12.9 Å². The zero-order chi connectivity index (χ0) is 11.8. The molecule has 0 aromatic carbocycles. The van der Waals surface area contributed by atoms with E-state index in [2.05, 4.69) is 11.7 Å². The molecular formula is C7H10BF3N3O-. The van der Waals surface area contributed by atoms with Crippen molar-refractivity contribution >= 4 is 6.98 Å². The van der Waals surface area contributed by atoms with E-state index in [1.54, 1.807) is 6.92 Å². The molecule has 1 aromatic heterocycles. The number of hydrogen-bond donors (Lipinski definition) is 0. The molecule has 15 heavy (non-hydrogen) atoms. The SMILES string of the molecule is C=C(Cn1nc(C)n(C)c1=O)[B-](F)(F)F. The Bertz CT molecular complexity index is 445. The lowest BCUT2D eigenvalue weighted by molar-refractivity contribution is 0.477. The Labute approximate surface area is 84.1 Å². The van der Waals surface area contributed by atoms with Crippen molar-refractivity contribution in [2.45, 2.75) is 13.5 Å². The van der Waals surface area contributed by atoms with E-state index in [1.165, 1.54) is 11.6 Å². The van der Waals surface area contributed by atoms with Crippen molar-refractivity contribution in [1.29, 1.82) is 0 Å². The van der Waals surface area contributed by atoms with E-state index >= 15 is 0 Å². The molecule has 0 amide bonds. The van der Waals surface area contributed by atoms with Gasteiger partial charge in [0.15, 0.2) is 0 Å². The lowest BCUT2D eigenvalue weighted by Gasteiger charge is -2.16. The number of aryl methyl sites for hydroxylation is 1. The van der Waals surface area contributed by atoms with Gasteiger partial charge in [-0.1, -0.05) is 0 Å². The van der Waals surface area contributed by atoms with Crippen LogP contribution >= 0.6 is 0 Å². The van der Waals surface area contributed by atoms with Crippen LogP contribution in [-0.2, 0) is 13.6 Å². The third-order valence-corrected chi connectivity index (χ3v) is 2.07. The zero-order valence-electron chi connectivity index (χ0n) is 8.38. The van der Waals surface area contributed by atoms with Crippen LogP contribution in [0.5, 0.6) is 0 Å². The summed E-state index contributed by atoms with van der Waals surface area (Å²) in [6.45, 7) is -1.29. The summed E-state index contributed by atoms with van der Waals surface area (Å²) in [6, 6.07) is 0. The first kappa shape index (κ1) is 11.6. The lowest BCUT2D eigenvalue weighted by atomic mass is 9.80. The minimum Gasteiger partial charge on any atom is -0.445 e.